The fourth-order valence-electron chi connectivity index (χ4n) is 2.60. The molecule has 0 aromatic carbocycles. The van der Waals surface area contributed by atoms with Gasteiger partial charge in [-0.3, -0.25) is 9.88 Å². The molecule has 0 spiro atoms. The molecule has 0 aliphatic carbocycles. The van der Waals surface area contributed by atoms with E-state index in [1.165, 1.54) is 0 Å². The molecule has 3 heterocycles. The predicted molar refractivity (Wildman–Crippen MR) is 84.6 cm³/mol. The van der Waals surface area contributed by atoms with E-state index in [1.807, 2.05) is 36.1 Å². The standard InChI is InChI=1S/C16H21N5O2/c1-13-10-15(23-19-13)12-20-6-8-21(9-7-20)16(22)18-11-14-4-2-3-5-17-14/h2-5,10H,6-9,11-12H2,1H3,(H,18,22). The Balaban J connectivity index is 1.42. The maximum Gasteiger partial charge on any atom is 0.317 e. The number of hydrogen-bond donors (Lipinski definition) is 1. The van der Waals surface area contributed by atoms with Gasteiger partial charge in [0.2, 0.25) is 0 Å². The number of amides is 2. The van der Waals surface area contributed by atoms with E-state index in [1.54, 1.807) is 6.20 Å². The van der Waals surface area contributed by atoms with Crippen molar-refractivity contribution >= 4 is 6.03 Å². The van der Waals surface area contributed by atoms with Crippen LogP contribution in [0.15, 0.2) is 35.0 Å². The number of carbonyl (C=O) groups excluding carboxylic acids is 1. The fourth-order valence-corrected chi connectivity index (χ4v) is 2.60. The lowest BCUT2D eigenvalue weighted by atomic mass is 10.3. The summed E-state index contributed by atoms with van der Waals surface area (Å²) in [6.07, 6.45) is 1.73. The summed E-state index contributed by atoms with van der Waals surface area (Å²) < 4.78 is 5.24. The summed E-state index contributed by atoms with van der Waals surface area (Å²) in [5.74, 6) is 0.871. The Bertz CT molecular complexity index is 635. The molecule has 2 amide bonds. The van der Waals surface area contributed by atoms with Crippen molar-refractivity contribution in [1.82, 2.24) is 25.3 Å². The SMILES string of the molecule is Cc1cc(CN2CCN(C(=O)NCc3ccccn3)CC2)on1. The van der Waals surface area contributed by atoms with Gasteiger partial charge in [0.15, 0.2) is 5.76 Å². The number of rotatable bonds is 4. The Kier molecular flexibility index (Phi) is 4.87. The fraction of sp³-hybridized carbons (Fsp3) is 0.438. The Morgan fingerprint density at radius 1 is 1.30 bits per heavy atom. The van der Waals surface area contributed by atoms with Gasteiger partial charge >= 0.3 is 6.03 Å². The molecule has 2 aromatic heterocycles. The van der Waals surface area contributed by atoms with Gasteiger partial charge in [-0.05, 0) is 19.1 Å². The van der Waals surface area contributed by atoms with Gasteiger partial charge in [0.1, 0.15) is 0 Å². The zero-order chi connectivity index (χ0) is 16.1. The molecule has 0 bridgehead atoms. The third-order valence-electron chi connectivity index (χ3n) is 3.86. The van der Waals surface area contributed by atoms with Crippen molar-refractivity contribution in [2.45, 2.75) is 20.0 Å². The topological polar surface area (TPSA) is 74.5 Å². The minimum absolute atomic E-state index is 0.0363. The zero-order valence-corrected chi connectivity index (χ0v) is 13.2. The van der Waals surface area contributed by atoms with Crippen molar-refractivity contribution in [3.63, 3.8) is 0 Å². The number of piperazine rings is 1. The summed E-state index contributed by atoms with van der Waals surface area (Å²) in [6, 6.07) is 7.59. The largest absolute Gasteiger partial charge is 0.360 e. The first-order chi connectivity index (χ1) is 11.2. The molecule has 122 valence electrons. The van der Waals surface area contributed by atoms with Crippen LogP contribution in [0.1, 0.15) is 17.1 Å². The molecule has 7 heteroatoms. The molecule has 0 saturated carbocycles. The van der Waals surface area contributed by atoms with Crippen LogP contribution in [0.3, 0.4) is 0 Å². The van der Waals surface area contributed by atoms with Gasteiger partial charge in [0.05, 0.1) is 24.5 Å². The van der Waals surface area contributed by atoms with Crippen LogP contribution in [-0.4, -0.2) is 52.2 Å². The molecule has 3 rings (SSSR count). The summed E-state index contributed by atoms with van der Waals surface area (Å²) in [5.41, 5.74) is 1.76. The molecular formula is C16H21N5O2. The molecule has 23 heavy (non-hydrogen) atoms. The normalized spacial score (nSPS) is 15.6. The van der Waals surface area contributed by atoms with E-state index >= 15 is 0 Å². The molecular weight excluding hydrogens is 294 g/mol. The number of pyridine rings is 1. The number of aromatic nitrogens is 2. The lowest BCUT2D eigenvalue weighted by Gasteiger charge is -2.34. The Morgan fingerprint density at radius 3 is 2.78 bits per heavy atom. The van der Waals surface area contributed by atoms with E-state index in [-0.39, 0.29) is 6.03 Å². The quantitative estimate of drug-likeness (QED) is 0.923. The predicted octanol–water partition coefficient (Wildman–Crippen LogP) is 1.41. The number of nitrogens with zero attached hydrogens (tertiary/aromatic N) is 4. The van der Waals surface area contributed by atoms with E-state index < -0.39 is 0 Å². The summed E-state index contributed by atoms with van der Waals surface area (Å²) >= 11 is 0. The summed E-state index contributed by atoms with van der Waals surface area (Å²) in [7, 11) is 0. The van der Waals surface area contributed by atoms with E-state index in [9.17, 15) is 4.79 Å². The van der Waals surface area contributed by atoms with Crippen LogP contribution < -0.4 is 5.32 Å². The second kappa shape index (κ2) is 7.23. The minimum Gasteiger partial charge on any atom is -0.360 e. The first-order valence-corrected chi connectivity index (χ1v) is 7.78. The molecule has 0 atom stereocenters. The Labute approximate surface area is 135 Å². The van der Waals surface area contributed by atoms with Crippen molar-refractivity contribution in [3.8, 4) is 0 Å². The summed E-state index contributed by atoms with van der Waals surface area (Å²) in [6.45, 7) is 6.19. The van der Waals surface area contributed by atoms with Crippen molar-refractivity contribution in [1.29, 1.82) is 0 Å². The van der Waals surface area contributed by atoms with Gasteiger partial charge in [-0.15, -0.1) is 0 Å². The second-order valence-electron chi connectivity index (χ2n) is 5.68. The van der Waals surface area contributed by atoms with Gasteiger partial charge < -0.3 is 14.7 Å². The van der Waals surface area contributed by atoms with Gasteiger partial charge in [-0.2, -0.15) is 0 Å². The highest BCUT2D eigenvalue weighted by Gasteiger charge is 2.21. The molecule has 2 aromatic rings. The molecule has 1 aliphatic heterocycles. The second-order valence-corrected chi connectivity index (χ2v) is 5.68. The number of aryl methyl sites for hydroxylation is 1. The smallest absolute Gasteiger partial charge is 0.317 e. The number of carbonyl (C=O) groups is 1. The van der Waals surface area contributed by atoms with E-state index in [4.69, 9.17) is 4.52 Å². The molecule has 1 fully saturated rings. The number of urea groups is 1. The monoisotopic (exact) mass is 315 g/mol. The van der Waals surface area contributed by atoms with Crippen molar-refractivity contribution in [2.24, 2.45) is 0 Å². The van der Waals surface area contributed by atoms with Crippen molar-refractivity contribution in [2.75, 3.05) is 26.2 Å². The average molecular weight is 315 g/mol. The average Bonchev–Trinajstić information content (AvgIpc) is 2.99. The van der Waals surface area contributed by atoms with Gasteiger partial charge in [0.25, 0.3) is 0 Å². The summed E-state index contributed by atoms with van der Waals surface area (Å²) in [4.78, 5) is 20.5. The van der Waals surface area contributed by atoms with Crippen LogP contribution >= 0.6 is 0 Å². The lowest BCUT2D eigenvalue weighted by molar-refractivity contribution is 0.127. The van der Waals surface area contributed by atoms with Crippen molar-refractivity contribution in [3.05, 3.63) is 47.6 Å². The molecule has 7 nitrogen and oxygen atoms in total. The first-order valence-electron chi connectivity index (χ1n) is 7.78. The third kappa shape index (κ3) is 4.29. The maximum atomic E-state index is 12.2. The zero-order valence-electron chi connectivity index (χ0n) is 13.2. The molecule has 1 saturated heterocycles. The molecule has 1 N–H and O–H groups in total. The lowest BCUT2D eigenvalue weighted by Crippen LogP contribution is -2.51. The Morgan fingerprint density at radius 2 is 2.13 bits per heavy atom. The van der Waals surface area contributed by atoms with Crippen LogP contribution in [0, 0.1) is 6.92 Å². The molecule has 0 unspecified atom stereocenters. The van der Waals surface area contributed by atoms with Crippen molar-refractivity contribution < 1.29 is 9.32 Å². The first kappa shape index (κ1) is 15.5. The van der Waals surface area contributed by atoms with Gasteiger partial charge in [-0.25, -0.2) is 4.79 Å². The Hall–Kier alpha value is -2.41. The van der Waals surface area contributed by atoms with Crippen LogP contribution in [-0.2, 0) is 13.1 Å². The van der Waals surface area contributed by atoms with Gasteiger partial charge in [0, 0.05) is 38.4 Å². The highest BCUT2D eigenvalue weighted by Crippen LogP contribution is 2.10. The molecule has 0 radical (unpaired) electrons. The van der Waals surface area contributed by atoms with E-state index in [2.05, 4.69) is 20.4 Å². The van der Waals surface area contributed by atoms with Crippen LogP contribution in [0.5, 0.6) is 0 Å². The number of nitrogens with one attached hydrogen (secondary N) is 1. The van der Waals surface area contributed by atoms with E-state index in [0.29, 0.717) is 19.6 Å². The highest BCUT2D eigenvalue weighted by molar-refractivity contribution is 5.74. The minimum atomic E-state index is -0.0363. The highest BCUT2D eigenvalue weighted by atomic mass is 16.5. The summed E-state index contributed by atoms with van der Waals surface area (Å²) in [5, 5.41) is 6.81. The van der Waals surface area contributed by atoms with Crippen LogP contribution in [0.25, 0.3) is 0 Å². The van der Waals surface area contributed by atoms with Gasteiger partial charge in [-0.1, -0.05) is 11.2 Å². The molecule has 1 aliphatic rings. The van der Waals surface area contributed by atoms with E-state index in [0.717, 1.165) is 36.8 Å². The number of hydrogen-bond acceptors (Lipinski definition) is 5. The van der Waals surface area contributed by atoms with Crippen LogP contribution in [0.4, 0.5) is 4.79 Å². The maximum absolute atomic E-state index is 12.2. The third-order valence-corrected chi connectivity index (χ3v) is 3.86. The van der Waals surface area contributed by atoms with Crippen LogP contribution in [0.2, 0.25) is 0 Å².